The number of hydrogen-bond donors (Lipinski definition) is 1. The molecule has 16 heavy (non-hydrogen) atoms. The maximum atomic E-state index is 11.8. The number of anilines is 1. The monoisotopic (exact) mass is 231 g/mol. The lowest BCUT2D eigenvalue weighted by atomic mass is 10.1. The lowest BCUT2D eigenvalue weighted by Gasteiger charge is -2.00. The molecule has 2 rings (SSSR count). The van der Waals surface area contributed by atoms with E-state index in [1.165, 1.54) is 4.88 Å². The van der Waals surface area contributed by atoms with Crippen LogP contribution in [0.4, 0.5) is 5.69 Å². The minimum atomic E-state index is 0.174. The molecule has 1 heterocycles. The molecule has 0 atom stereocenters. The molecule has 3 heteroatoms. The fraction of sp³-hybridized carbons (Fsp3) is 0.154. The number of benzene rings is 1. The second-order valence-electron chi connectivity index (χ2n) is 3.62. The summed E-state index contributed by atoms with van der Waals surface area (Å²) in [5.74, 6) is 0.174. The van der Waals surface area contributed by atoms with Gasteiger partial charge in [-0.1, -0.05) is 6.07 Å². The van der Waals surface area contributed by atoms with Crippen LogP contribution in [0.2, 0.25) is 0 Å². The van der Waals surface area contributed by atoms with Gasteiger partial charge in [-0.3, -0.25) is 4.79 Å². The fourth-order valence-electron chi connectivity index (χ4n) is 1.50. The predicted octanol–water partition coefficient (Wildman–Crippen LogP) is 3.15. The Morgan fingerprint density at radius 2 is 1.94 bits per heavy atom. The Labute approximate surface area is 98.7 Å². The van der Waals surface area contributed by atoms with Gasteiger partial charge in [0.05, 0.1) is 0 Å². The number of carbonyl (C=O) groups excluding carboxylic acids is 1. The number of ketones is 1. The third-order valence-corrected chi connectivity index (χ3v) is 3.35. The zero-order chi connectivity index (χ0) is 11.4. The summed E-state index contributed by atoms with van der Waals surface area (Å²) in [5.41, 5.74) is 7.00. The third kappa shape index (κ3) is 2.70. The molecule has 0 aliphatic carbocycles. The summed E-state index contributed by atoms with van der Waals surface area (Å²) in [7, 11) is 0. The summed E-state index contributed by atoms with van der Waals surface area (Å²) in [5, 5.41) is 2.03. The van der Waals surface area contributed by atoms with Crippen molar-refractivity contribution >= 4 is 22.8 Å². The van der Waals surface area contributed by atoms with Gasteiger partial charge in [-0.15, -0.1) is 11.3 Å². The molecule has 0 saturated heterocycles. The molecule has 1 aromatic carbocycles. The van der Waals surface area contributed by atoms with Crippen molar-refractivity contribution in [3.63, 3.8) is 0 Å². The van der Waals surface area contributed by atoms with E-state index >= 15 is 0 Å². The van der Waals surface area contributed by atoms with E-state index in [-0.39, 0.29) is 5.78 Å². The molecule has 0 aliphatic rings. The summed E-state index contributed by atoms with van der Waals surface area (Å²) in [6, 6.07) is 11.2. The third-order valence-electron chi connectivity index (χ3n) is 2.41. The molecule has 0 bridgehead atoms. The zero-order valence-electron chi connectivity index (χ0n) is 8.85. The normalized spacial score (nSPS) is 10.2. The highest BCUT2D eigenvalue weighted by molar-refractivity contribution is 7.09. The van der Waals surface area contributed by atoms with Gasteiger partial charge in [-0.05, 0) is 42.1 Å². The first kappa shape index (κ1) is 10.9. The molecule has 2 nitrogen and oxygen atoms in total. The van der Waals surface area contributed by atoms with Crippen LogP contribution in [0.1, 0.15) is 21.7 Å². The molecule has 0 spiro atoms. The minimum Gasteiger partial charge on any atom is -0.399 e. The molecule has 0 fully saturated rings. The van der Waals surface area contributed by atoms with E-state index in [0.717, 1.165) is 12.0 Å². The predicted molar refractivity (Wildman–Crippen MR) is 67.8 cm³/mol. The average molecular weight is 231 g/mol. The molecule has 0 unspecified atom stereocenters. The molecule has 0 amide bonds. The lowest BCUT2D eigenvalue weighted by Crippen LogP contribution is -2.00. The van der Waals surface area contributed by atoms with Crippen LogP contribution in [0.15, 0.2) is 41.8 Å². The number of nitrogens with two attached hydrogens (primary N) is 1. The molecule has 82 valence electrons. The average Bonchev–Trinajstić information content (AvgIpc) is 2.80. The van der Waals surface area contributed by atoms with Gasteiger partial charge < -0.3 is 5.73 Å². The summed E-state index contributed by atoms with van der Waals surface area (Å²) in [6.07, 6.45) is 1.38. The topological polar surface area (TPSA) is 43.1 Å². The van der Waals surface area contributed by atoms with E-state index in [1.807, 2.05) is 11.4 Å². The zero-order valence-corrected chi connectivity index (χ0v) is 9.67. The molecule has 2 N–H and O–H groups in total. The van der Waals surface area contributed by atoms with Crippen molar-refractivity contribution < 1.29 is 4.79 Å². The van der Waals surface area contributed by atoms with Crippen molar-refractivity contribution in [1.29, 1.82) is 0 Å². The SMILES string of the molecule is Nc1ccc(C(=O)CCc2cccs2)cc1. The van der Waals surface area contributed by atoms with Crippen molar-refractivity contribution in [3.8, 4) is 0 Å². The highest BCUT2D eigenvalue weighted by Gasteiger charge is 2.05. The first-order valence-corrected chi connectivity index (χ1v) is 6.05. The fourth-order valence-corrected chi connectivity index (χ4v) is 2.21. The van der Waals surface area contributed by atoms with Gasteiger partial charge in [0.2, 0.25) is 0 Å². The summed E-state index contributed by atoms with van der Waals surface area (Å²) < 4.78 is 0. The van der Waals surface area contributed by atoms with Gasteiger partial charge in [0.25, 0.3) is 0 Å². The Bertz CT molecular complexity index is 459. The maximum Gasteiger partial charge on any atom is 0.163 e. The van der Waals surface area contributed by atoms with E-state index in [2.05, 4.69) is 6.07 Å². The summed E-state index contributed by atoms with van der Waals surface area (Å²) in [4.78, 5) is 13.1. The number of Topliss-reactive ketones (excluding diaryl/α,β-unsaturated/α-hetero) is 1. The van der Waals surface area contributed by atoms with Gasteiger partial charge in [-0.2, -0.15) is 0 Å². The lowest BCUT2D eigenvalue weighted by molar-refractivity contribution is 0.0983. The minimum absolute atomic E-state index is 0.174. The summed E-state index contributed by atoms with van der Waals surface area (Å²) in [6.45, 7) is 0. The summed E-state index contributed by atoms with van der Waals surface area (Å²) >= 11 is 1.69. The molecule has 0 aliphatic heterocycles. The van der Waals surface area contributed by atoms with Crippen LogP contribution < -0.4 is 5.73 Å². The van der Waals surface area contributed by atoms with Crippen molar-refractivity contribution in [2.45, 2.75) is 12.8 Å². The Kier molecular flexibility index (Phi) is 3.37. The van der Waals surface area contributed by atoms with Crippen molar-refractivity contribution in [2.24, 2.45) is 0 Å². The van der Waals surface area contributed by atoms with Gasteiger partial charge >= 0.3 is 0 Å². The number of aryl methyl sites for hydroxylation is 1. The van der Waals surface area contributed by atoms with E-state index in [9.17, 15) is 4.79 Å². The highest BCUT2D eigenvalue weighted by Crippen LogP contribution is 2.14. The Hall–Kier alpha value is -1.61. The van der Waals surface area contributed by atoms with E-state index < -0.39 is 0 Å². The van der Waals surface area contributed by atoms with E-state index in [1.54, 1.807) is 35.6 Å². The number of rotatable bonds is 4. The first-order chi connectivity index (χ1) is 7.75. The van der Waals surface area contributed by atoms with Crippen molar-refractivity contribution in [1.82, 2.24) is 0 Å². The van der Waals surface area contributed by atoms with Crippen LogP contribution in [0.5, 0.6) is 0 Å². The quantitative estimate of drug-likeness (QED) is 0.649. The molecular formula is C13H13NOS. The smallest absolute Gasteiger partial charge is 0.163 e. The Balaban J connectivity index is 1.95. The van der Waals surface area contributed by atoms with Gasteiger partial charge in [0, 0.05) is 22.5 Å². The number of carbonyl (C=O) groups is 1. The number of hydrogen-bond acceptors (Lipinski definition) is 3. The standard InChI is InChI=1S/C13H13NOS/c14-11-5-3-10(4-6-11)13(15)8-7-12-2-1-9-16-12/h1-6,9H,7-8,14H2. The van der Waals surface area contributed by atoms with Gasteiger partial charge in [-0.25, -0.2) is 0 Å². The Morgan fingerprint density at radius 3 is 2.56 bits per heavy atom. The van der Waals surface area contributed by atoms with Crippen LogP contribution in [-0.2, 0) is 6.42 Å². The van der Waals surface area contributed by atoms with Crippen molar-refractivity contribution in [3.05, 3.63) is 52.2 Å². The van der Waals surface area contributed by atoms with Crippen LogP contribution in [0.3, 0.4) is 0 Å². The molecule has 0 saturated carbocycles. The van der Waals surface area contributed by atoms with Crippen molar-refractivity contribution in [2.75, 3.05) is 5.73 Å². The van der Waals surface area contributed by atoms with E-state index in [0.29, 0.717) is 12.1 Å². The molecule has 1 aromatic heterocycles. The van der Waals surface area contributed by atoms with Crippen LogP contribution >= 0.6 is 11.3 Å². The second kappa shape index (κ2) is 4.94. The second-order valence-corrected chi connectivity index (χ2v) is 4.66. The van der Waals surface area contributed by atoms with Crippen LogP contribution in [0, 0.1) is 0 Å². The number of nitrogen functional groups attached to an aromatic ring is 1. The Morgan fingerprint density at radius 1 is 1.19 bits per heavy atom. The largest absolute Gasteiger partial charge is 0.399 e. The van der Waals surface area contributed by atoms with E-state index in [4.69, 9.17) is 5.73 Å². The highest BCUT2D eigenvalue weighted by atomic mass is 32.1. The number of thiophene rings is 1. The molecule has 0 radical (unpaired) electrons. The maximum absolute atomic E-state index is 11.8. The molecule has 2 aromatic rings. The van der Waals surface area contributed by atoms with Crippen LogP contribution in [0.25, 0.3) is 0 Å². The first-order valence-electron chi connectivity index (χ1n) is 5.17. The molecular weight excluding hydrogens is 218 g/mol. The van der Waals surface area contributed by atoms with Gasteiger partial charge in [0.15, 0.2) is 5.78 Å². The van der Waals surface area contributed by atoms with Gasteiger partial charge in [0.1, 0.15) is 0 Å². The van der Waals surface area contributed by atoms with Crippen LogP contribution in [-0.4, -0.2) is 5.78 Å².